The van der Waals surface area contributed by atoms with E-state index in [-0.39, 0.29) is 23.8 Å². The molecule has 0 aliphatic carbocycles. The Morgan fingerprint density at radius 1 is 0.867 bits per heavy atom. The monoisotopic (exact) mass is 665 g/mol. The Morgan fingerprint density at radius 3 is 2.09 bits per heavy atom. The molecule has 45 heavy (non-hydrogen) atoms. The smallest absolute Gasteiger partial charge is 0.264 e. The van der Waals surface area contributed by atoms with Crippen molar-refractivity contribution in [2.24, 2.45) is 0 Å². The Bertz CT molecular complexity index is 1730. The molecule has 0 aliphatic rings. The number of carbonyl (C=O) groups is 2. The van der Waals surface area contributed by atoms with Gasteiger partial charge in [-0.05, 0) is 65.9 Å². The fraction of sp³-hybridized carbons (Fsp3) is 0.257. The molecule has 7 nitrogen and oxygen atoms in total. The number of amides is 2. The molecule has 1 atom stereocenters. The van der Waals surface area contributed by atoms with Crippen LogP contribution in [0.1, 0.15) is 42.0 Å². The molecular weight excluding hydrogens is 629 g/mol. The highest BCUT2D eigenvalue weighted by Gasteiger charge is 2.34. The molecule has 0 bridgehead atoms. The van der Waals surface area contributed by atoms with E-state index in [1.54, 1.807) is 42.5 Å². The predicted molar refractivity (Wildman–Crippen MR) is 181 cm³/mol. The van der Waals surface area contributed by atoms with Crippen LogP contribution in [-0.2, 0) is 32.6 Å². The van der Waals surface area contributed by atoms with Crippen molar-refractivity contribution in [1.29, 1.82) is 0 Å². The second kappa shape index (κ2) is 15.0. The fourth-order valence-corrected chi connectivity index (χ4v) is 6.83. The molecule has 2 amide bonds. The Labute approximate surface area is 275 Å². The molecule has 0 spiro atoms. The lowest BCUT2D eigenvalue weighted by Crippen LogP contribution is -2.53. The van der Waals surface area contributed by atoms with Crippen LogP contribution < -0.4 is 9.62 Å². The molecule has 0 radical (unpaired) electrons. The van der Waals surface area contributed by atoms with Gasteiger partial charge in [0.15, 0.2) is 0 Å². The molecule has 0 saturated heterocycles. The highest BCUT2D eigenvalue weighted by Crippen LogP contribution is 2.28. The SMILES string of the molecule is CNC(=O)C(Cc1ccccc1)N(Cc1ccc(Cl)cc1Cl)C(=O)CN(c1ccc(C(C)C)cc1)S(=O)(=O)c1ccc(C)cc1. The first kappa shape index (κ1) is 34.0. The highest BCUT2D eigenvalue weighted by molar-refractivity contribution is 7.92. The van der Waals surface area contributed by atoms with Gasteiger partial charge in [0, 0.05) is 30.1 Å². The van der Waals surface area contributed by atoms with Crippen molar-refractivity contribution in [1.82, 2.24) is 10.2 Å². The topological polar surface area (TPSA) is 86.8 Å². The molecule has 4 aromatic carbocycles. The minimum absolute atomic E-state index is 0.0493. The summed E-state index contributed by atoms with van der Waals surface area (Å²) in [4.78, 5) is 29.3. The lowest BCUT2D eigenvalue weighted by atomic mass is 10.0. The van der Waals surface area contributed by atoms with E-state index in [0.29, 0.717) is 21.3 Å². The van der Waals surface area contributed by atoms with E-state index in [4.69, 9.17) is 23.2 Å². The molecular formula is C35H37Cl2N3O4S. The summed E-state index contributed by atoms with van der Waals surface area (Å²) in [5.41, 5.74) is 3.65. The first-order valence-corrected chi connectivity index (χ1v) is 16.8. The molecule has 0 aliphatic heterocycles. The van der Waals surface area contributed by atoms with Crippen molar-refractivity contribution in [2.75, 3.05) is 17.9 Å². The number of carbonyl (C=O) groups excluding carboxylic acids is 2. The summed E-state index contributed by atoms with van der Waals surface area (Å²) in [6.07, 6.45) is 0.200. The van der Waals surface area contributed by atoms with Crippen molar-refractivity contribution in [2.45, 2.75) is 50.6 Å². The molecule has 0 aromatic heterocycles. The number of nitrogens with zero attached hydrogens (tertiary/aromatic N) is 2. The van der Waals surface area contributed by atoms with Crippen molar-refractivity contribution in [3.05, 3.63) is 129 Å². The highest BCUT2D eigenvalue weighted by atomic mass is 35.5. The average molecular weight is 667 g/mol. The van der Waals surface area contributed by atoms with Gasteiger partial charge in [-0.1, -0.05) is 103 Å². The fourth-order valence-electron chi connectivity index (χ4n) is 4.95. The zero-order valence-electron chi connectivity index (χ0n) is 25.7. The number of anilines is 1. The third kappa shape index (κ3) is 8.45. The van der Waals surface area contributed by atoms with Gasteiger partial charge in [-0.3, -0.25) is 13.9 Å². The average Bonchev–Trinajstić information content (AvgIpc) is 3.02. The van der Waals surface area contributed by atoms with Gasteiger partial charge in [-0.2, -0.15) is 0 Å². The van der Waals surface area contributed by atoms with Crippen LogP contribution in [0, 0.1) is 6.92 Å². The van der Waals surface area contributed by atoms with E-state index in [1.165, 1.54) is 24.1 Å². The van der Waals surface area contributed by atoms with Crippen LogP contribution in [0.5, 0.6) is 0 Å². The maximum absolute atomic E-state index is 14.4. The Balaban J connectivity index is 1.81. The van der Waals surface area contributed by atoms with Crippen LogP contribution in [0.25, 0.3) is 0 Å². The third-order valence-corrected chi connectivity index (χ3v) is 9.98. The van der Waals surface area contributed by atoms with Crippen LogP contribution in [0.4, 0.5) is 5.69 Å². The number of hydrogen-bond acceptors (Lipinski definition) is 4. The summed E-state index contributed by atoms with van der Waals surface area (Å²) in [5.74, 6) is -0.741. The number of nitrogens with one attached hydrogen (secondary N) is 1. The summed E-state index contributed by atoms with van der Waals surface area (Å²) in [6.45, 7) is 5.36. The van der Waals surface area contributed by atoms with Gasteiger partial charge in [0.05, 0.1) is 10.6 Å². The van der Waals surface area contributed by atoms with Gasteiger partial charge >= 0.3 is 0 Å². The third-order valence-electron chi connectivity index (χ3n) is 7.61. The minimum Gasteiger partial charge on any atom is -0.357 e. The van der Waals surface area contributed by atoms with Gasteiger partial charge in [0.1, 0.15) is 12.6 Å². The van der Waals surface area contributed by atoms with E-state index in [0.717, 1.165) is 21.0 Å². The normalized spacial score (nSPS) is 12.1. The number of benzene rings is 4. The number of hydrogen-bond donors (Lipinski definition) is 1. The molecule has 1 unspecified atom stereocenters. The summed E-state index contributed by atoms with van der Waals surface area (Å²) in [6, 6.07) is 26.9. The van der Waals surface area contributed by atoms with E-state index in [2.05, 4.69) is 5.32 Å². The molecule has 4 rings (SSSR count). The second-order valence-electron chi connectivity index (χ2n) is 11.1. The summed E-state index contributed by atoms with van der Waals surface area (Å²) in [5, 5.41) is 3.42. The van der Waals surface area contributed by atoms with Crippen LogP contribution >= 0.6 is 23.2 Å². The van der Waals surface area contributed by atoms with E-state index >= 15 is 0 Å². The molecule has 236 valence electrons. The first-order chi connectivity index (χ1) is 21.4. The van der Waals surface area contributed by atoms with Gasteiger partial charge in [0.25, 0.3) is 10.0 Å². The Kier molecular flexibility index (Phi) is 11.3. The van der Waals surface area contributed by atoms with Gasteiger partial charge < -0.3 is 10.2 Å². The molecule has 0 saturated carbocycles. The number of aryl methyl sites for hydroxylation is 1. The summed E-state index contributed by atoms with van der Waals surface area (Å²) < 4.78 is 29.4. The predicted octanol–water partition coefficient (Wildman–Crippen LogP) is 7.01. The van der Waals surface area contributed by atoms with Gasteiger partial charge in [0.2, 0.25) is 11.8 Å². The van der Waals surface area contributed by atoms with Crippen molar-refractivity contribution < 1.29 is 18.0 Å². The lowest BCUT2D eigenvalue weighted by Gasteiger charge is -2.34. The van der Waals surface area contributed by atoms with Crippen molar-refractivity contribution in [3.63, 3.8) is 0 Å². The summed E-state index contributed by atoms with van der Waals surface area (Å²) in [7, 11) is -2.69. The lowest BCUT2D eigenvalue weighted by molar-refractivity contribution is -0.139. The first-order valence-electron chi connectivity index (χ1n) is 14.6. The van der Waals surface area contributed by atoms with Gasteiger partial charge in [-0.15, -0.1) is 0 Å². The summed E-state index contributed by atoms with van der Waals surface area (Å²) >= 11 is 12.7. The molecule has 4 aromatic rings. The quantitative estimate of drug-likeness (QED) is 0.176. The molecule has 10 heteroatoms. The number of likely N-dealkylation sites (N-methyl/N-ethyl adjacent to an activating group) is 1. The van der Waals surface area contributed by atoms with Crippen LogP contribution in [0.2, 0.25) is 10.0 Å². The maximum atomic E-state index is 14.4. The van der Waals surface area contributed by atoms with E-state index in [9.17, 15) is 18.0 Å². The minimum atomic E-state index is -4.19. The number of rotatable bonds is 12. The maximum Gasteiger partial charge on any atom is 0.264 e. The number of sulfonamides is 1. The van der Waals surface area contributed by atoms with E-state index < -0.39 is 34.4 Å². The molecule has 1 N–H and O–H groups in total. The van der Waals surface area contributed by atoms with Crippen LogP contribution in [0.3, 0.4) is 0 Å². The Morgan fingerprint density at radius 2 is 1.51 bits per heavy atom. The van der Waals surface area contributed by atoms with Crippen molar-refractivity contribution >= 4 is 50.7 Å². The molecule has 0 fully saturated rings. The van der Waals surface area contributed by atoms with E-state index in [1.807, 2.05) is 63.2 Å². The zero-order valence-corrected chi connectivity index (χ0v) is 28.0. The largest absolute Gasteiger partial charge is 0.357 e. The Hall–Kier alpha value is -3.85. The molecule has 0 heterocycles. The van der Waals surface area contributed by atoms with Crippen LogP contribution in [0.15, 0.2) is 102 Å². The van der Waals surface area contributed by atoms with Gasteiger partial charge in [-0.25, -0.2) is 8.42 Å². The zero-order chi connectivity index (χ0) is 32.7. The number of halogens is 2. The van der Waals surface area contributed by atoms with Crippen LogP contribution in [-0.4, -0.2) is 44.8 Å². The second-order valence-corrected chi connectivity index (χ2v) is 13.9. The standard InChI is InChI=1S/C35H37Cl2N3O4S/c1-24(2)27-13-16-30(17-14-27)40(45(43,44)31-18-10-25(3)11-19-31)23-34(41)39(22-28-12-15-29(36)21-32(28)37)33(35(42)38-4)20-26-8-6-5-7-9-26/h5-19,21,24,33H,20,22-23H2,1-4H3,(H,38,42). The van der Waals surface area contributed by atoms with Crippen molar-refractivity contribution in [3.8, 4) is 0 Å².